The van der Waals surface area contributed by atoms with Gasteiger partial charge in [0, 0.05) is 25.1 Å². The first-order chi connectivity index (χ1) is 9.67. The van der Waals surface area contributed by atoms with Crippen LogP contribution in [0.25, 0.3) is 11.0 Å². The monoisotopic (exact) mass is 295 g/mol. The molecule has 1 aromatic heterocycles. The maximum Gasteiger partial charge on any atom is 0.222 e. The third-order valence-electron chi connectivity index (χ3n) is 3.41. The highest BCUT2D eigenvalue weighted by molar-refractivity contribution is 6.16. The molecule has 1 aliphatic carbocycles. The molecule has 0 saturated heterocycles. The van der Waals surface area contributed by atoms with Crippen LogP contribution in [0.2, 0.25) is 0 Å². The van der Waals surface area contributed by atoms with Gasteiger partial charge in [-0.2, -0.15) is 0 Å². The summed E-state index contributed by atoms with van der Waals surface area (Å²) in [6.07, 6.45) is 2.53. The molecule has 0 spiro atoms. The van der Waals surface area contributed by atoms with Gasteiger partial charge in [-0.25, -0.2) is 9.37 Å². The zero-order chi connectivity index (χ0) is 14.1. The van der Waals surface area contributed by atoms with Crippen molar-refractivity contribution in [2.45, 2.75) is 37.7 Å². The van der Waals surface area contributed by atoms with Gasteiger partial charge in [-0.15, -0.1) is 11.6 Å². The smallest absolute Gasteiger partial charge is 0.222 e. The van der Waals surface area contributed by atoms with Gasteiger partial charge >= 0.3 is 0 Å². The Morgan fingerprint density at radius 3 is 3.00 bits per heavy atom. The number of imidazole rings is 1. The zero-order valence-electron chi connectivity index (χ0n) is 10.9. The molecule has 0 aliphatic heterocycles. The van der Waals surface area contributed by atoms with Crippen molar-refractivity contribution in [2.24, 2.45) is 0 Å². The summed E-state index contributed by atoms with van der Waals surface area (Å²) in [5, 5.41) is 2.95. The van der Waals surface area contributed by atoms with E-state index >= 15 is 0 Å². The van der Waals surface area contributed by atoms with Crippen LogP contribution in [0.15, 0.2) is 18.2 Å². The summed E-state index contributed by atoms with van der Waals surface area (Å²) in [5.41, 5.74) is 1.38. The number of rotatable bonds is 5. The van der Waals surface area contributed by atoms with Crippen molar-refractivity contribution in [3.8, 4) is 0 Å². The van der Waals surface area contributed by atoms with E-state index in [2.05, 4.69) is 10.3 Å². The molecule has 4 nitrogen and oxygen atoms in total. The van der Waals surface area contributed by atoms with Crippen LogP contribution in [0, 0.1) is 5.82 Å². The first-order valence-corrected chi connectivity index (χ1v) is 7.21. The molecule has 20 heavy (non-hydrogen) atoms. The largest absolute Gasteiger partial charge is 0.353 e. The van der Waals surface area contributed by atoms with Crippen LogP contribution >= 0.6 is 11.6 Å². The lowest BCUT2D eigenvalue weighted by atomic mass is 10.3. The summed E-state index contributed by atoms with van der Waals surface area (Å²) in [6, 6.07) is 4.81. The SMILES string of the molecule is O=C(CCn1c(CCl)nc2cc(F)ccc21)NC1CC1. The Labute approximate surface area is 120 Å². The van der Waals surface area contributed by atoms with Crippen LogP contribution in [0.1, 0.15) is 25.1 Å². The van der Waals surface area contributed by atoms with Crippen LogP contribution in [0.3, 0.4) is 0 Å². The number of nitrogens with zero attached hydrogens (tertiary/aromatic N) is 2. The number of carbonyl (C=O) groups excluding carboxylic acids is 1. The van der Waals surface area contributed by atoms with Crippen molar-refractivity contribution < 1.29 is 9.18 Å². The van der Waals surface area contributed by atoms with E-state index in [1.807, 2.05) is 4.57 Å². The third kappa shape index (κ3) is 2.77. The summed E-state index contributed by atoms with van der Waals surface area (Å²) in [4.78, 5) is 16.0. The number of aromatic nitrogens is 2. The Morgan fingerprint density at radius 1 is 1.50 bits per heavy atom. The minimum atomic E-state index is -0.324. The van der Waals surface area contributed by atoms with Gasteiger partial charge in [0.1, 0.15) is 11.6 Å². The van der Waals surface area contributed by atoms with Gasteiger partial charge in [0.25, 0.3) is 0 Å². The van der Waals surface area contributed by atoms with Crippen molar-refractivity contribution >= 4 is 28.5 Å². The van der Waals surface area contributed by atoms with E-state index in [1.54, 1.807) is 6.07 Å². The minimum Gasteiger partial charge on any atom is -0.353 e. The quantitative estimate of drug-likeness (QED) is 0.862. The molecule has 1 heterocycles. The van der Waals surface area contributed by atoms with Gasteiger partial charge in [-0.05, 0) is 25.0 Å². The standard InChI is InChI=1S/C14H15ClFN3O/c15-8-13-18-11-7-9(16)1-4-12(11)19(13)6-5-14(20)17-10-2-3-10/h1,4,7,10H,2-3,5-6,8H2,(H,17,20). The molecule has 0 atom stereocenters. The summed E-state index contributed by atoms with van der Waals surface area (Å²) in [7, 11) is 0. The molecule has 0 radical (unpaired) electrons. The molecule has 1 aromatic carbocycles. The van der Waals surface area contributed by atoms with Crippen LogP contribution in [0.4, 0.5) is 4.39 Å². The summed E-state index contributed by atoms with van der Waals surface area (Å²) in [6.45, 7) is 0.503. The Hall–Kier alpha value is -1.62. The molecule has 3 rings (SSSR count). The van der Waals surface area contributed by atoms with E-state index in [4.69, 9.17) is 11.6 Å². The maximum atomic E-state index is 13.2. The van der Waals surface area contributed by atoms with Gasteiger partial charge < -0.3 is 9.88 Å². The Kier molecular flexibility index (Phi) is 3.61. The first-order valence-electron chi connectivity index (χ1n) is 6.67. The molecule has 1 saturated carbocycles. The molecule has 1 aliphatic rings. The molecular weight excluding hydrogens is 281 g/mol. The number of nitrogens with one attached hydrogen (secondary N) is 1. The normalized spacial score (nSPS) is 14.7. The molecule has 0 unspecified atom stereocenters. The second-order valence-electron chi connectivity index (χ2n) is 5.04. The number of amides is 1. The number of hydrogen-bond donors (Lipinski definition) is 1. The number of fused-ring (bicyclic) bond motifs is 1. The van der Waals surface area contributed by atoms with Crippen LogP contribution in [0.5, 0.6) is 0 Å². The van der Waals surface area contributed by atoms with Gasteiger partial charge in [0.15, 0.2) is 0 Å². The van der Waals surface area contributed by atoms with Crippen LogP contribution in [-0.4, -0.2) is 21.5 Å². The van der Waals surface area contributed by atoms with Crippen molar-refractivity contribution in [1.29, 1.82) is 0 Å². The average molecular weight is 296 g/mol. The fourth-order valence-electron chi connectivity index (χ4n) is 2.25. The number of hydrogen-bond acceptors (Lipinski definition) is 2. The van der Waals surface area contributed by atoms with Gasteiger partial charge in [0.2, 0.25) is 5.91 Å². The predicted molar refractivity (Wildman–Crippen MR) is 75.0 cm³/mol. The number of carbonyl (C=O) groups is 1. The van der Waals surface area contributed by atoms with Gasteiger partial charge in [-0.1, -0.05) is 0 Å². The van der Waals surface area contributed by atoms with Crippen molar-refractivity contribution in [3.63, 3.8) is 0 Å². The second kappa shape index (κ2) is 5.40. The number of alkyl halides is 1. The van der Waals surface area contributed by atoms with E-state index in [0.717, 1.165) is 18.4 Å². The summed E-state index contributed by atoms with van der Waals surface area (Å²) < 4.78 is 15.1. The van der Waals surface area contributed by atoms with Gasteiger partial charge in [0.05, 0.1) is 16.9 Å². The maximum absolute atomic E-state index is 13.2. The molecule has 1 amide bonds. The van der Waals surface area contributed by atoms with E-state index in [1.165, 1.54) is 12.1 Å². The molecule has 0 bridgehead atoms. The Morgan fingerprint density at radius 2 is 2.30 bits per heavy atom. The molecular formula is C14H15ClFN3O. The molecule has 106 valence electrons. The van der Waals surface area contributed by atoms with Crippen molar-refractivity contribution in [3.05, 3.63) is 29.8 Å². The molecule has 1 N–H and O–H groups in total. The fraction of sp³-hybridized carbons (Fsp3) is 0.429. The van der Waals surface area contributed by atoms with Crippen LogP contribution < -0.4 is 5.32 Å². The van der Waals surface area contributed by atoms with E-state index in [0.29, 0.717) is 30.3 Å². The van der Waals surface area contributed by atoms with E-state index < -0.39 is 0 Å². The summed E-state index contributed by atoms with van der Waals surface area (Å²) >= 11 is 5.88. The van der Waals surface area contributed by atoms with Crippen LogP contribution in [-0.2, 0) is 17.2 Å². The topological polar surface area (TPSA) is 46.9 Å². The molecule has 6 heteroatoms. The minimum absolute atomic E-state index is 0.0389. The number of benzene rings is 1. The predicted octanol–water partition coefficient (Wildman–Crippen LogP) is 2.58. The Bertz CT molecular complexity index is 651. The van der Waals surface area contributed by atoms with E-state index in [9.17, 15) is 9.18 Å². The molecule has 1 fully saturated rings. The highest BCUT2D eigenvalue weighted by Gasteiger charge is 2.23. The lowest BCUT2D eigenvalue weighted by Gasteiger charge is -2.08. The first kappa shape index (κ1) is 13.4. The second-order valence-corrected chi connectivity index (χ2v) is 5.31. The van der Waals surface area contributed by atoms with E-state index in [-0.39, 0.29) is 17.6 Å². The lowest BCUT2D eigenvalue weighted by Crippen LogP contribution is -2.26. The molecule has 2 aromatic rings. The third-order valence-corrected chi connectivity index (χ3v) is 3.65. The average Bonchev–Trinajstić information content (AvgIpc) is 3.16. The van der Waals surface area contributed by atoms with Crippen molar-refractivity contribution in [2.75, 3.05) is 0 Å². The highest BCUT2D eigenvalue weighted by atomic mass is 35.5. The highest BCUT2D eigenvalue weighted by Crippen LogP contribution is 2.20. The summed E-state index contributed by atoms with van der Waals surface area (Å²) in [5.74, 6) is 0.610. The Balaban J connectivity index is 1.79. The zero-order valence-corrected chi connectivity index (χ0v) is 11.7. The van der Waals surface area contributed by atoms with Crippen molar-refractivity contribution in [1.82, 2.24) is 14.9 Å². The fourth-order valence-corrected chi connectivity index (χ4v) is 2.45. The number of aryl methyl sites for hydroxylation is 1. The number of halogens is 2. The van der Waals surface area contributed by atoms with Gasteiger partial charge in [-0.3, -0.25) is 4.79 Å². The lowest BCUT2D eigenvalue weighted by molar-refractivity contribution is -0.121.